The van der Waals surface area contributed by atoms with Gasteiger partial charge in [-0.05, 0) is 0 Å². The summed E-state index contributed by atoms with van der Waals surface area (Å²) in [6.07, 6.45) is 9.43. The van der Waals surface area contributed by atoms with Crippen LogP contribution in [-0.2, 0) is 18.6 Å². The topological polar surface area (TPSA) is 36.9 Å². The van der Waals surface area contributed by atoms with Gasteiger partial charge >= 0.3 is 225 Å². The molecule has 2 aliphatic rings. The van der Waals surface area contributed by atoms with Crippen LogP contribution in [0.4, 0.5) is 0 Å². The number of rotatable bonds is 16. The van der Waals surface area contributed by atoms with E-state index in [9.17, 15) is 0 Å². The number of ether oxygens (including phenoxy) is 3. The average molecular weight is 620 g/mol. The summed E-state index contributed by atoms with van der Waals surface area (Å²) in [7, 11) is -1.84. The van der Waals surface area contributed by atoms with E-state index < -0.39 is 26.7 Å². The third kappa shape index (κ3) is 9.23. The van der Waals surface area contributed by atoms with E-state index in [1.165, 1.54) is 43.0 Å². The predicted octanol–water partition coefficient (Wildman–Crippen LogP) is 8.64. The molecule has 0 spiro atoms. The van der Waals surface area contributed by atoms with E-state index >= 15 is 0 Å². The maximum atomic E-state index is 6.66. The van der Waals surface area contributed by atoms with Gasteiger partial charge in [-0.2, -0.15) is 0 Å². The zero-order valence-corrected chi connectivity index (χ0v) is 28.8. The third-order valence-electron chi connectivity index (χ3n) is 9.33. The van der Waals surface area contributed by atoms with Crippen LogP contribution in [0.3, 0.4) is 0 Å². The van der Waals surface area contributed by atoms with Gasteiger partial charge in [0, 0.05) is 0 Å². The fourth-order valence-corrected chi connectivity index (χ4v) is 24.8. The molecule has 2 aliphatic heterocycles. The molecule has 0 N–H and O–H groups in total. The van der Waals surface area contributed by atoms with Crippen molar-refractivity contribution in [3.05, 3.63) is 0 Å². The van der Waals surface area contributed by atoms with Crippen LogP contribution >= 0.6 is 0 Å². The molecular formula is C29H60O4SiSn. The van der Waals surface area contributed by atoms with Gasteiger partial charge in [-0.25, -0.2) is 0 Å². The molecule has 2 fully saturated rings. The second-order valence-corrected chi connectivity index (χ2v) is 31.9. The summed E-state index contributed by atoms with van der Waals surface area (Å²) in [4.78, 5) is 0. The first kappa shape index (κ1) is 32.1. The van der Waals surface area contributed by atoms with Gasteiger partial charge in [0.15, 0.2) is 0 Å². The van der Waals surface area contributed by atoms with Gasteiger partial charge in [-0.3, -0.25) is 0 Å². The van der Waals surface area contributed by atoms with Crippen molar-refractivity contribution in [1.82, 2.24) is 0 Å². The first-order valence-electron chi connectivity index (χ1n) is 15.0. The molecule has 4 nitrogen and oxygen atoms in total. The molecule has 2 heterocycles. The molecule has 2 saturated heterocycles. The van der Waals surface area contributed by atoms with E-state index in [1.807, 2.05) is 0 Å². The molecule has 208 valence electrons. The Kier molecular flexibility index (Phi) is 13.6. The Morgan fingerprint density at radius 3 is 1.97 bits per heavy atom. The molecule has 0 aliphatic carbocycles. The van der Waals surface area contributed by atoms with Gasteiger partial charge < -0.3 is 0 Å². The molecule has 5 atom stereocenters. The van der Waals surface area contributed by atoms with E-state index in [4.69, 9.17) is 18.6 Å². The van der Waals surface area contributed by atoms with Gasteiger partial charge in [0.25, 0.3) is 0 Å². The molecule has 0 aromatic rings. The zero-order valence-electron chi connectivity index (χ0n) is 24.9. The van der Waals surface area contributed by atoms with Crippen molar-refractivity contribution >= 4 is 26.7 Å². The van der Waals surface area contributed by atoms with E-state index in [-0.39, 0.29) is 23.5 Å². The molecule has 0 aromatic carbocycles. The van der Waals surface area contributed by atoms with Gasteiger partial charge in [-0.1, -0.05) is 0 Å². The summed E-state index contributed by atoms with van der Waals surface area (Å²) < 4.78 is 32.1. The van der Waals surface area contributed by atoms with E-state index in [2.05, 4.69) is 61.6 Å². The van der Waals surface area contributed by atoms with Crippen molar-refractivity contribution in [3.63, 3.8) is 0 Å². The summed E-state index contributed by atoms with van der Waals surface area (Å²) in [5, 5.41) is 0.200. The number of hydrogen-bond acceptors (Lipinski definition) is 4. The summed E-state index contributed by atoms with van der Waals surface area (Å²) in [5.41, 5.74) is 0. The molecule has 0 bridgehead atoms. The fourth-order valence-electron chi connectivity index (χ4n) is 6.05. The molecule has 0 amide bonds. The van der Waals surface area contributed by atoms with Crippen LogP contribution in [0.2, 0.25) is 35.9 Å². The first-order valence-corrected chi connectivity index (χ1v) is 26.0. The number of unbranched alkanes of at least 4 members (excludes halogenated alkanes) is 3. The van der Waals surface area contributed by atoms with Crippen LogP contribution in [-0.4, -0.2) is 65.0 Å². The van der Waals surface area contributed by atoms with Crippen LogP contribution in [0.5, 0.6) is 0 Å². The second-order valence-electron chi connectivity index (χ2n) is 13.1. The van der Waals surface area contributed by atoms with Gasteiger partial charge in [-0.15, -0.1) is 0 Å². The monoisotopic (exact) mass is 620 g/mol. The SMILES string of the molecule is CCC[CH2][Sn]([CH2]CCC)([CH2]CCC)[CH2]C1CO[C@H]2[C@@H]1C[C@@H](OCC)O[C@@H]2CO[Si](C)(C)C(C)(C)C. The Bertz CT molecular complexity index is 572. The standard InChI is InChI=1S/C17H33O4Si.3C4H9.Sn/c1-8-18-15-9-13-12(2)10-19-16(13)14(21-15)11-20-22(6,7)17(3,4)5;3*1-3-4-2;/h12-16H,2,8-11H2,1,3-7H3;3*1,3-4H2,2H3;/t12?,13-,14-,15+,16+;;;;/m1..../s1. The predicted molar refractivity (Wildman–Crippen MR) is 154 cm³/mol. The third-order valence-corrected chi connectivity index (χ3v) is 29.9. The summed E-state index contributed by atoms with van der Waals surface area (Å²) in [6.45, 7) is 23.1. The van der Waals surface area contributed by atoms with Crippen molar-refractivity contribution in [1.29, 1.82) is 0 Å². The van der Waals surface area contributed by atoms with Gasteiger partial charge in [0.05, 0.1) is 0 Å². The van der Waals surface area contributed by atoms with E-state index in [0.29, 0.717) is 25.0 Å². The van der Waals surface area contributed by atoms with Crippen LogP contribution in [0, 0.1) is 11.8 Å². The van der Waals surface area contributed by atoms with E-state index in [1.54, 1.807) is 13.3 Å². The van der Waals surface area contributed by atoms with Crippen LogP contribution in [0.15, 0.2) is 0 Å². The molecular weight excluding hydrogens is 559 g/mol. The summed E-state index contributed by atoms with van der Waals surface area (Å²) in [6, 6.07) is 0. The van der Waals surface area contributed by atoms with Crippen molar-refractivity contribution in [2.24, 2.45) is 11.8 Å². The van der Waals surface area contributed by atoms with Crippen LogP contribution in [0.25, 0.3) is 0 Å². The summed E-state index contributed by atoms with van der Waals surface area (Å²) >= 11 is -2.24. The molecule has 0 radical (unpaired) electrons. The Morgan fingerprint density at radius 1 is 0.914 bits per heavy atom. The zero-order chi connectivity index (χ0) is 26.1. The Hall–Kier alpha value is 0.856. The number of fused-ring (bicyclic) bond motifs is 1. The van der Waals surface area contributed by atoms with Crippen LogP contribution < -0.4 is 0 Å². The van der Waals surface area contributed by atoms with Crippen LogP contribution in [0.1, 0.15) is 93.4 Å². The maximum absolute atomic E-state index is 6.66. The first-order chi connectivity index (χ1) is 16.5. The van der Waals surface area contributed by atoms with Crippen molar-refractivity contribution in [2.45, 2.75) is 148 Å². The molecule has 2 rings (SSSR count). The Labute approximate surface area is 224 Å². The van der Waals surface area contributed by atoms with Crippen molar-refractivity contribution in [2.75, 3.05) is 19.8 Å². The molecule has 6 heteroatoms. The number of hydrogen-bond donors (Lipinski definition) is 0. The normalized spacial score (nSPS) is 27.9. The Morgan fingerprint density at radius 2 is 1.49 bits per heavy atom. The molecule has 0 saturated carbocycles. The molecule has 0 aromatic heterocycles. The average Bonchev–Trinajstić information content (AvgIpc) is 3.20. The van der Waals surface area contributed by atoms with Gasteiger partial charge in [0.2, 0.25) is 0 Å². The minimum absolute atomic E-state index is 0.00375. The fraction of sp³-hybridized carbons (Fsp3) is 1.00. The van der Waals surface area contributed by atoms with Crippen molar-refractivity contribution < 1.29 is 18.6 Å². The quantitative estimate of drug-likeness (QED) is 0.162. The minimum atomic E-state index is -2.24. The Balaban J connectivity index is 2.20. The summed E-state index contributed by atoms with van der Waals surface area (Å²) in [5.74, 6) is 1.26. The van der Waals surface area contributed by atoms with Crippen molar-refractivity contribution in [3.8, 4) is 0 Å². The second kappa shape index (κ2) is 14.9. The molecule has 35 heavy (non-hydrogen) atoms. The molecule has 1 unspecified atom stereocenters. The van der Waals surface area contributed by atoms with E-state index in [0.717, 1.165) is 13.0 Å². The van der Waals surface area contributed by atoms with Gasteiger partial charge in [0.1, 0.15) is 0 Å².